The molecule has 0 fully saturated rings. The van der Waals surface area contributed by atoms with E-state index in [4.69, 9.17) is 0 Å². The van der Waals surface area contributed by atoms with Gasteiger partial charge in [-0.3, -0.25) is 14.2 Å². The molecule has 0 unspecified atom stereocenters. The highest BCUT2D eigenvalue weighted by molar-refractivity contribution is 7.99. The van der Waals surface area contributed by atoms with Crippen molar-refractivity contribution in [1.82, 2.24) is 19.8 Å². The summed E-state index contributed by atoms with van der Waals surface area (Å²) < 4.78 is 1.70. The highest BCUT2D eigenvalue weighted by atomic mass is 32.2. The molecule has 0 aliphatic carbocycles. The van der Waals surface area contributed by atoms with Gasteiger partial charge in [-0.2, -0.15) is 0 Å². The van der Waals surface area contributed by atoms with Crippen LogP contribution in [0, 0.1) is 6.92 Å². The fourth-order valence-corrected chi connectivity index (χ4v) is 4.04. The molecule has 3 aromatic rings. The smallest absolute Gasteiger partial charge is 0.262 e. The van der Waals surface area contributed by atoms with E-state index in [0.717, 1.165) is 24.1 Å². The quantitative estimate of drug-likeness (QED) is 0.422. The topological polar surface area (TPSA) is 67.2 Å². The van der Waals surface area contributed by atoms with Crippen molar-refractivity contribution in [3.05, 3.63) is 70.0 Å². The highest BCUT2D eigenvalue weighted by Gasteiger charge is 2.13. The number of fused-ring (bicyclic) bond motifs is 1. The average molecular weight is 425 g/mol. The second kappa shape index (κ2) is 10.4. The highest BCUT2D eigenvalue weighted by Crippen LogP contribution is 2.18. The molecule has 0 atom stereocenters. The Balaban J connectivity index is 1.72. The third-order valence-corrected chi connectivity index (χ3v) is 5.86. The maximum absolute atomic E-state index is 13.0. The Hall–Kier alpha value is -2.64. The summed E-state index contributed by atoms with van der Waals surface area (Å²) in [7, 11) is 4.02. The van der Waals surface area contributed by atoms with Gasteiger partial charge in [-0.05, 0) is 57.2 Å². The molecule has 0 aliphatic heterocycles. The first-order valence-electron chi connectivity index (χ1n) is 10.0. The van der Waals surface area contributed by atoms with Gasteiger partial charge in [0.15, 0.2) is 5.16 Å². The van der Waals surface area contributed by atoms with E-state index >= 15 is 0 Å². The van der Waals surface area contributed by atoms with E-state index in [2.05, 4.69) is 15.2 Å². The van der Waals surface area contributed by atoms with Crippen molar-refractivity contribution in [3.63, 3.8) is 0 Å². The molecule has 1 aromatic heterocycles. The van der Waals surface area contributed by atoms with Crippen molar-refractivity contribution in [2.75, 3.05) is 26.4 Å². The second-order valence-corrected chi connectivity index (χ2v) is 8.46. The summed E-state index contributed by atoms with van der Waals surface area (Å²) in [6.45, 7) is 3.97. The van der Waals surface area contributed by atoms with Gasteiger partial charge in [-0.25, -0.2) is 4.98 Å². The van der Waals surface area contributed by atoms with E-state index in [1.54, 1.807) is 10.6 Å². The minimum Gasteiger partial charge on any atom is -0.351 e. The number of para-hydroxylation sites is 1. The van der Waals surface area contributed by atoms with Gasteiger partial charge in [0.1, 0.15) is 0 Å². The van der Waals surface area contributed by atoms with Gasteiger partial charge in [-0.15, -0.1) is 0 Å². The number of nitrogens with one attached hydrogen (secondary N) is 1. The molecule has 0 radical (unpaired) electrons. The van der Waals surface area contributed by atoms with Crippen LogP contribution in [0.5, 0.6) is 0 Å². The van der Waals surface area contributed by atoms with Crippen molar-refractivity contribution in [3.8, 4) is 0 Å². The largest absolute Gasteiger partial charge is 0.351 e. The molecule has 0 saturated carbocycles. The lowest BCUT2D eigenvalue weighted by Crippen LogP contribution is -2.27. The number of aryl methyl sites for hydroxylation is 1. The lowest BCUT2D eigenvalue weighted by molar-refractivity contribution is -0.118. The molecule has 0 spiro atoms. The molecule has 3 rings (SSSR count). The fourth-order valence-electron chi connectivity index (χ4n) is 3.18. The van der Waals surface area contributed by atoms with Gasteiger partial charge in [0, 0.05) is 13.1 Å². The van der Waals surface area contributed by atoms with Gasteiger partial charge in [0.05, 0.1) is 16.7 Å². The number of rotatable bonds is 9. The van der Waals surface area contributed by atoms with Crippen LogP contribution in [0.25, 0.3) is 10.9 Å². The van der Waals surface area contributed by atoms with Gasteiger partial charge < -0.3 is 10.2 Å². The number of thioether (sulfide) groups is 1. The van der Waals surface area contributed by atoms with Crippen molar-refractivity contribution in [1.29, 1.82) is 0 Å². The van der Waals surface area contributed by atoms with Gasteiger partial charge >= 0.3 is 0 Å². The number of carbonyl (C=O) groups is 1. The lowest BCUT2D eigenvalue weighted by atomic mass is 10.1. The third-order valence-electron chi connectivity index (χ3n) is 4.88. The second-order valence-electron chi connectivity index (χ2n) is 7.52. The van der Waals surface area contributed by atoms with Crippen LogP contribution in [-0.4, -0.2) is 46.8 Å². The Morgan fingerprint density at radius 2 is 1.87 bits per heavy atom. The van der Waals surface area contributed by atoms with Crippen molar-refractivity contribution >= 4 is 28.6 Å². The van der Waals surface area contributed by atoms with Crippen LogP contribution in [-0.2, 0) is 17.9 Å². The fraction of sp³-hybridized carbons (Fsp3) is 0.348. The summed E-state index contributed by atoms with van der Waals surface area (Å²) >= 11 is 1.31. The lowest BCUT2D eigenvalue weighted by Gasteiger charge is -2.15. The van der Waals surface area contributed by atoms with Gasteiger partial charge in [0.2, 0.25) is 5.91 Å². The number of nitrogens with zero attached hydrogens (tertiary/aromatic N) is 3. The SMILES string of the molecule is Cc1ccccc1CNC(=O)CSc1nc2ccccc2c(=O)n1CCCN(C)C. The molecule has 158 valence electrons. The number of hydrogen-bond acceptors (Lipinski definition) is 5. The summed E-state index contributed by atoms with van der Waals surface area (Å²) in [4.78, 5) is 32.2. The molecule has 1 amide bonds. The van der Waals surface area contributed by atoms with E-state index in [1.807, 2.05) is 63.5 Å². The Bertz CT molecular complexity index is 1080. The van der Waals surface area contributed by atoms with Gasteiger partial charge in [0.25, 0.3) is 5.56 Å². The number of aromatic nitrogens is 2. The minimum absolute atomic E-state index is 0.0535. The van der Waals surface area contributed by atoms with Crippen LogP contribution in [0.1, 0.15) is 17.5 Å². The van der Waals surface area contributed by atoms with Crippen LogP contribution < -0.4 is 10.9 Å². The van der Waals surface area contributed by atoms with Crippen LogP contribution in [0.15, 0.2) is 58.5 Å². The molecule has 6 nitrogen and oxygen atoms in total. The normalized spacial score (nSPS) is 11.2. The van der Waals surface area contributed by atoms with Gasteiger partial charge in [-0.1, -0.05) is 48.2 Å². The van der Waals surface area contributed by atoms with Crippen molar-refractivity contribution in [2.45, 2.75) is 31.6 Å². The summed E-state index contributed by atoms with van der Waals surface area (Å²) in [6.07, 6.45) is 0.833. The standard InChI is InChI=1S/C23H28N4O2S/c1-17-9-4-5-10-18(17)15-24-21(28)16-30-23-25-20-12-7-6-11-19(20)22(29)27(23)14-8-13-26(2)3/h4-7,9-12H,8,13-16H2,1-3H3,(H,24,28). The number of benzene rings is 2. The minimum atomic E-state index is -0.0782. The Labute approximate surface area is 181 Å². The molecular weight excluding hydrogens is 396 g/mol. The monoisotopic (exact) mass is 424 g/mol. The number of amides is 1. The first-order valence-corrected chi connectivity index (χ1v) is 11.0. The zero-order valence-corrected chi connectivity index (χ0v) is 18.5. The van der Waals surface area contributed by atoms with Crippen LogP contribution in [0.4, 0.5) is 0 Å². The zero-order valence-electron chi connectivity index (χ0n) is 17.7. The van der Waals surface area contributed by atoms with Crippen LogP contribution >= 0.6 is 11.8 Å². The molecule has 1 N–H and O–H groups in total. The first-order chi connectivity index (χ1) is 14.5. The molecule has 7 heteroatoms. The number of hydrogen-bond donors (Lipinski definition) is 1. The molecule has 0 saturated heterocycles. The molecule has 0 bridgehead atoms. The maximum atomic E-state index is 13.0. The van der Waals surface area contributed by atoms with Crippen molar-refractivity contribution in [2.24, 2.45) is 0 Å². The van der Waals surface area contributed by atoms with E-state index in [-0.39, 0.29) is 17.2 Å². The predicted molar refractivity (Wildman–Crippen MR) is 123 cm³/mol. The zero-order chi connectivity index (χ0) is 21.5. The van der Waals surface area contributed by atoms with E-state index in [1.165, 1.54) is 11.8 Å². The van der Waals surface area contributed by atoms with E-state index in [0.29, 0.717) is 29.1 Å². The molecule has 2 aromatic carbocycles. The number of carbonyl (C=O) groups excluding carboxylic acids is 1. The summed E-state index contributed by atoms with van der Waals surface area (Å²) in [5.74, 6) is 0.134. The maximum Gasteiger partial charge on any atom is 0.262 e. The predicted octanol–water partition coefficient (Wildman–Crippen LogP) is 3.07. The van der Waals surface area contributed by atoms with Crippen molar-refractivity contribution < 1.29 is 4.79 Å². The molecule has 30 heavy (non-hydrogen) atoms. The summed E-state index contributed by atoms with van der Waals surface area (Å²) in [6, 6.07) is 15.3. The average Bonchev–Trinajstić information content (AvgIpc) is 2.73. The Kier molecular flexibility index (Phi) is 7.65. The molecule has 1 heterocycles. The van der Waals surface area contributed by atoms with Crippen LogP contribution in [0.3, 0.4) is 0 Å². The summed E-state index contributed by atoms with van der Waals surface area (Å²) in [5, 5.41) is 4.15. The summed E-state index contributed by atoms with van der Waals surface area (Å²) in [5.41, 5.74) is 2.85. The van der Waals surface area contributed by atoms with E-state index in [9.17, 15) is 9.59 Å². The molecular formula is C23H28N4O2S. The third kappa shape index (κ3) is 5.70. The Morgan fingerprint density at radius 3 is 2.63 bits per heavy atom. The van der Waals surface area contributed by atoms with E-state index < -0.39 is 0 Å². The first kappa shape index (κ1) is 22.1. The Morgan fingerprint density at radius 1 is 1.13 bits per heavy atom. The van der Waals surface area contributed by atoms with Crippen LogP contribution in [0.2, 0.25) is 0 Å². The molecule has 0 aliphatic rings.